The number of carbonyl (C=O) groups is 2. The molecule has 8 heteroatoms. The Kier molecular flexibility index (Phi) is 6.76. The van der Waals surface area contributed by atoms with E-state index in [9.17, 15) is 9.59 Å². The number of hydrazine groups is 1. The Labute approximate surface area is 178 Å². The first kappa shape index (κ1) is 21.1. The molecule has 152 valence electrons. The number of rotatable bonds is 6. The van der Waals surface area contributed by atoms with Gasteiger partial charge in [-0.3, -0.25) is 20.4 Å². The number of amides is 2. The van der Waals surface area contributed by atoms with Crippen molar-refractivity contribution in [2.45, 2.75) is 44.8 Å². The van der Waals surface area contributed by atoms with Crippen molar-refractivity contribution < 1.29 is 14.1 Å². The Morgan fingerprint density at radius 2 is 1.86 bits per heavy atom. The molecule has 6 nitrogen and oxygen atoms in total. The number of thioether (sulfide) groups is 1. The second kappa shape index (κ2) is 9.28. The molecule has 0 radical (unpaired) electrons. The van der Waals surface area contributed by atoms with Crippen LogP contribution in [0.5, 0.6) is 0 Å². The number of hydrogen-bond acceptors (Lipinski definition) is 6. The molecule has 0 unspecified atom stereocenters. The molecule has 0 aliphatic heterocycles. The van der Waals surface area contributed by atoms with E-state index in [-0.39, 0.29) is 11.8 Å². The molecule has 0 fully saturated rings. The number of nitrogens with zero attached hydrogens (tertiary/aromatic N) is 1. The molecule has 0 atom stereocenters. The summed E-state index contributed by atoms with van der Waals surface area (Å²) in [6.07, 6.45) is 0.881. The van der Waals surface area contributed by atoms with E-state index in [0.29, 0.717) is 16.2 Å². The van der Waals surface area contributed by atoms with E-state index in [2.05, 4.69) is 22.9 Å². The first-order chi connectivity index (χ1) is 13.9. The molecular formula is C21H23N3O3S2. The minimum Gasteiger partial charge on any atom is -0.361 e. The topological polar surface area (TPSA) is 84.2 Å². The summed E-state index contributed by atoms with van der Waals surface area (Å²) in [5, 5.41) is 3.96. The average molecular weight is 430 g/mol. The smallest absolute Gasteiger partial charge is 0.279 e. The van der Waals surface area contributed by atoms with Gasteiger partial charge in [-0.15, -0.1) is 23.1 Å². The number of aryl methyl sites for hydroxylation is 4. The SMILES string of the molecule is CCc1sc(C(=O)NNC(=O)c2ccccc2SCc2c(C)noc2C)cc1C. The third-order valence-corrected chi connectivity index (χ3v) is 7.02. The normalized spacial score (nSPS) is 10.8. The van der Waals surface area contributed by atoms with Crippen LogP contribution in [-0.4, -0.2) is 17.0 Å². The summed E-state index contributed by atoms with van der Waals surface area (Å²) < 4.78 is 5.20. The van der Waals surface area contributed by atoms with Crippen molar-refractivity contribution in [2.24, 2.45) is 0 Å². The van der Waals surface area contributed by atoms with Crippen LogP contribution in [0.15, 0.2) is 39.8 Å². The maximum Gasteiger partial charge on any atom is 0.279 e. The molecule has 0 saturated heterocycles. The molecule has 29 heavy (non-hydrogen) atoms. The second-order valence-electron chi connectivity index (χ2n) is 6.57. The maximum absolute atomic E-state index is 12.7. The monoisotopic (exact) mass is 429 g/mol. The van der Waals surface area contributed by atoms with E-state index in [0.717, 1.165) is 33.9 Å². The van der Waals surface area contributed by atoms with Crippen molar-refractivity contribution in [3.05, 3.63) is 68.2 Å². The summed E-state index contributed by atoms with van der Waals surface area (Å²) in [4.78, 5) is 27.6. The number of thiophene rings is 1. The number of hydrogen-bond donors (Lipinski definition) is 2. The van der Waals surface area contributed by atoms with E-state index >= 15 is 0 Å². The van der Waals surface area contributed by atoms with Crippen LogP contribution >= 0.6 is 23.1 Å². The highest BCUT2D eigenvalue weighted by atomic mass is 32.2. The molecule has 0 spiro atoms. The number of carbonyl (C=O) groups excluding carboxylic acids is 2. The fraction of sp³-hybridized carbons (Fsp3) is 0.286. The van der Waals surface area contributed by atoms with Gasteiger partial charge in [-0.25, -0.2) is 0 Å². The zero-order valence-corrected chi connectivity index (χ0v) is 18.4. The Bertz CT molecular complexity index is 1020. The van der Waals surface area contributed by atoms with Crippen LogP contribution in [0, 0.1) is 20.8 Å². The molecule has 2 aromatic heterocycles. The highest BCUT2D eigenvalue weighted by Gasteiger charge is 2.16. The van der Waals surface area contributed by atoms with Gasteiger partial charge in [-0.1, -0.05) is 24.2 Å². The Morgan fingerprint density at radius 3 is 2.52 bits per heavy atom. The van der Waals surface area contributed by atoms with Gasteiger partial charge in [0.25, 0.3) is 11.8 Å². The molecule has 3 aromatic rings. The van der Waals surface area contributed by atoms with Crippen LogP contribution in [-0.2, 0) is 12.2 Å². The minimum absolute atomic E-state index is 0.313. The van der Waals surface area contributed by atoms with Crippen LogP contribution in [0.4, 0.5) is 0 Å². The van der Waals surface area contributed by atoms with Crippen LogP contribution < -0.4 is 10.9 Å². The van der Waals surface area contributed by atoms with Gasteiger partial charge in [0.15, 0.2) is 0 Å². The summed E-state index contributed by atoms with van der Waals surface area (Å²) in [5.74, 6) is 0.754. The fourth-order valence-corrected chi connectivity index (χ4v) is 5.08. The third kappa shape index (κ3) is 4.89. The molecular weight excluding hydrogens is 406 g/mol. The third-order valence-electron chi connectivity index (χ3n) is 4.54. The second-order valence-corrected chi connectivity index (χ2v) is 8.72. The Hall–Kier alpha value is -2.58. The fourth-order valence-electron chi connectivity index (χ4n) is 2.86. The van der Waals surface area contributed by atoms with Crippen molar-refractivity contribution in [3.63, 3.8) is 0 Å². The highest BCUT2D eigenvalue weighted by molar-refractivity contribution is 7.98. The molecule has 2 amide bonds. The first-order valence-electron chi connectivity index (χ1n) is 9.24. The zero-order chi connectivity index (χ0) is 21.0. The van der Waals surface area contributed by atoms with E-state index in [1.54, 1.807) is 12.1 Å². The van der Waals surface area contributed by atoms with Crippen molar-refractivity contribution in [1.82, 2.24) is 16.0 Å². The zero-order valence-electron chi connectivity index (χ0n) is 16.8. The van der Waals surface area contributed by atoms with Gasteiger partial charge in [-0.05, 0) is 51.0 Å². The molecule has 0 aliphatic carbocycles. The summed E-state index contributed by atoms with van der Waals surface area (Å²) in [7, 11) is 0. The molecule has 2 heterocycles. The first-order valence-corrected chi connectivity index (χ1v) is 11.0. The maximum atomic E-state index is 12.7. The predicted octanol–water partition coefficient (Wildman–Crippen LogP) is 4.59. The number of benzene rings is 1. The van der Waals surface area contributed by atoms with Gasteiger partial charge in [-0.2, -0.15) is 0 Å². The van der Waals surface area contributed by atoms with Crippen molar-refractivity contribution in [1.29, 1.82) is 0 Å². The van der Waals surface area contributed by atoms with Crippen LogP contribution in [0.25, 0.3) is 0 Å². The summed E-state index contributed by atoms with van der Waals surface area (Å²) in [6, 6.07) is 9.15. The summed E-state index contributed by atoms with van der Waals surface area (Å²) in [6.45, 7) is 7.81. The van der Waals surface area contributed by atoms with Gasteiger partial charge in [0.2, 0.25) is 0 Å². The Morgan fingerprint density at radius 1 is 1.14 bits per heavy atom. The van der Waals surface area contributed by atoms with Gasteiger partial charge in [0.05, 0.1) is 16.1 Å². The Balaban J connectivity index is 1.65. The molecule has 2 N–H and O–H groups in total. The number of aromatic nitrogens is 1. The van der Waals surface area contributed by atoms with Gasteiger partial charge < -0.3 is 4.52 Å². The quantitative estimate of drug-likeness (QED) is 0.442. The standard InChI is InChI=1S/C21H23N3O3S2/c1-5-17-12(2)10-19(29-17)21(26)23-22-20(25)15-8-6-7-9-18(15)28-11-16-13(3)24-27-14(16)4/h6-10H,5,11H2,1-4H3,(H,22,25)(H,23,26). The molecule has 0 bridgehead atoms. The molecule has 1 aromatic carbocycles. The van der Waals surface area contributed by atoms with Gasteiger partial charge in [0.1, 0.15) is 5.76 Å². The van der Waals surface area contributed by atoms with E-state index < -0.39 is 0 Å². The van der Waals surface area contributed by atoms with E-state index in [1.165, 1.54) is 28.0 Å². The van der Waals surface area contributed by atoms with Crippen molar-refractivity contribution >= 4 is 34.9 Å². The van der Waals surface area contributed by atoms with Crippen LogP contribution in [0.2, 0.25) is 0 Å². The minimum atomic E-state index is -0.357. The summed E-state index contributed by atoms with van der Waals surface area (Å²) in [5.41, 5.74) is 8.51. The van der Waals surface area contributed by atoms with E-state index in [4.69, 9.17) is 4.52 Å². The lowest BCUT2D eigenvalue weighted by atomic mass is 10.2. The lowest BCUT2D eigenvalue weighted by Crippen LogP contribution is -2.41. The highest BCUT2D eigenvalue weighted by Crippen LogP contribution is 2.28. The van der Waals surface area contributed by atoms with Gasteiger partial charge >= 0.3 is 0 Å². The summed E-state index contributed by atoms with van der Waals surface area (Å²) >= 11 is 2.97. The molecule has 3 rings (SSSR count). The lowest BCUT2D eigenvalue weighted by Gasteiger charge is -2.10. The van der Waals surface area contributed by atoms with Crippen LogP contribution in [0.3, 0.4) is 0 Å². The average Bonchev–Trinajstić information content (AvgIpc) is 3.26. The largest absolute Gasteiger partial charge is 0.361 e. The predicted molar refractivity (Wildman–Crippen MR) is 115 cm³/mol. The van der Waals surface area contributed by atoms with E-state index in [1.807, 2.05) is 39.0 Å². The molecule has 0 saturated carbocycles. The van der Waals surface area contributed by atoms with Crippen molar-refractivity contribution in [3.8, 4) is 0 Å². The molecule has 0 aliphatic rings. The van der Waals surface area contributed by atoms with Crippen molar-refractivity contribution in [2.75, 3.05) is 0 Å². The lowest BCUT2D eigenvalue weighted by molar-refractivity contribution is 0.0847. The van der Waals surface area contributed by atoms with Crippen LogP contribution in [0.1, 0.15) is 54.4 Å². The van der Waals surface area contributed by atoms with Gasteiger partial charge in [0, 0.05) is 21.1 Å². The number of nitrogens with one attached hydrogen (secondary N) is 2.